The number of carbonyl (C=O) groups is 9. The van der Waals surface area contributed by atoms with Crippen molar-refractivity contribution in [2.24, 2.45) is 0 Å². The van der Waals surface area contributed by atoms with Crippen LogP contribution in [0.2, 0.25) is 0 Å². The molecule has 3 rings (SSSR count). The van der Waals surface area contributed by atoms with Crippen LogP contribution < -0.4 is 26.6 Å². The van der Waals surface area contributed by atoms with Gasteiger partial charge in [-0.25, -0.2) is 0 Å². The van der Waals surface area contributed by atoms with E-state index >= 15 is 4.79 Å². The number of aliphatic hydroxyl groups is 13. The smallest absolute Gasteiger partial charge is 0.256 e. The second kappa shape index (κ2) is 38.8. The molecule has 500 valence electrons. The minimum Gasteiger partial charge on any atom is -0.394 e. The number of benzene rings is 3. The van der Waals surface area contributed by atoms with Crippen LogP contribution in [-0.4, -0.2) is 288 Å². The van der Waals surface area contributed by atoms with E-state index in [9.17, 15) is 105 Å². The first-order valence-electron chi connectivity index (χ1n) is 25.6. The van der Waals surface area contributed by atoms with Gasteiger partial charge in [-0.1, -0.05) is 0 Å². The van der Waals surface area contributed by atoms with E-state index in [0.29, 0.717) is 0 Å². The molecule has 0 saturated heterocycles. The number of hydrogen-bond acceptors (Lipinski definition) is 22. The van der Waals surface area contributed by atoms with Gasteiger partial charge in [0, 0.05) is 77.7 Å². The van der Waals surface area contributed by atoms with Crippen LogP contribution in [0.25, 0.3) is 0 Å². The number of hydrogen-bond donors (Lipinski definition) is 18. The van der Waals surface area contributed by atoms with E-state index in [4.69, 9.17) is 0 Å². The molecule has 0 aliphatic rings. The molecule has 90 heavy (non-hydrogen) atoms. The third kappa shape index (κ3) is 21.2. The van der Waals surface area contributed by atoms with E-state index in [-0.39, 0.29) is 89.1 Å². The zero-order valence-corrected chi connectivity index (χ0v) is 66.3. The monoisotopic (exact) mass is 2280 g/mol. The van der Waals surface area contributed by atoms with Gasteiger partial charge in [0.05, 0.1) is 136 Å². The number of anilines is 3. The molecule has 0 saturated carbocycles. The van der Waals surface area contributed by atoms with Gasteiger partial charge < -0.3 is 113 Å². The van der Waals surface area contributed by atoms with Crippen LogP contribution in [0, 0.1) is 32.1 Å². The Morgan fingerprint density at radius 2 is 0.622 bits per heavy atom. The van der Waals surface area contributed by atoms with Crippen molar-refractivity contribution >= 4 is 274 Å². The topological polar surface area (TPSA) is 490 Å². The first-order valence-corrected chi connectivity index (χ1v) is 35.3. The van der Waals surface area contributed by atoms with Gasteiger partial charge in [-0.2, -0.15) is 0 Å². The van der Waals surface area contributed by atoms with Gasteiger partial charge in [0.25, 0.3) is 53.2 Å². The molecule has 0 aliphatic carbocycles. The summed E-state index contributed by atoms with van der Waals surface area (Å²) in [5.74, 6) is -8.86. The van der Waals surface area contributed by atoms with Gasteiger partial charge >= 0.3 is 0 Å². The van der Waals surface area contributed by atoms with Crippen LogP contribution in [0.15, 0.2) is 0 Å². The van der Waals surface area contributed by atoms with Crippen LogP contribution >= 0.6 is 203 Å². The number of halogens is 9. The average Bonchev–Trinajstić information content (AvgIpc) is 0.790. The van der Waals surface area contributed by atoms with Crippen molar-refractivity contribution in [2.75, 3.05) is 123 Å². The van der Waals surface area contributed by atoms with E-state index in [2.05, 4.69) is 26.6 Å². The van der Waals surface area contributed by atoms with Gasteiger partial charge in [0.2, 0.25) is 0 Å². The van der Waals surface area contributed by atoms with Crippen LogP contribution in [0.3, 0.4) is 0 Å². The maximum absolute atomic E-state index is 15.5. The van der Waals surface area contributed by atoms with E-state index in [1.165, 1.54) is 21.1 Å². The fourth-order valence-electron chi connectivity index (χ4n) is 7.73. The maximum Gasteiger partial charge on any atom is 0.256 e. The summed E-state index contributed by atoms with van der Waals surface area (Å²) in [4.78, 5) is 130. The van der Waals surface area contributed by atoms with Gasteiger partial charge in [-0.05, 0) is 203 Å². The zero-order chi connectivity index (χ0) is 68.7. The minimum absolute atomic E-state index is 0.00217. The lowest BCUT2D eigenvalue weighted by Crippen LogP contribution is -2.46. The van der Waals surface area contributed by atoms with E-state index < -0.39 is 175 Å². The summed E-state index contributed by atoms with van der Waals surface area (Å²) >= 11 is 15.3. The standard InChI is InChI=1S/C50H60I9N9O22/c1-65(7-18(76)11-69)47(87)26-30(51)24(33(54)39(35(26)56)62-42(82)21(79)14-72)45(85)60-4-5-68(50(90)29-32(53)28(49(89)67(3)9-20(78)13-71)37(58)41(38(29)59)64-44(84)23(81)16-74)10-17(75)6-61-46(86)25-31(52)27(48(88)66(2)8-19(77)12-70)36(57)40(34(25)55)63-43(83)22(80)15-73/h17-23,69-81H,4-16H2,1-3H3,(H,60,85)(H,61,86)(H,62,82)(H,63,83)(H,64,84). The number of amides is 9. The van der Waals surface area contributed by atoms with E-state index in [0.717, 1.165) is 19.6 Å². The van der Waals surface area contributed by atoms with Gasteiger partial charge in [-0.3, -0.25) is 43.2 Å². The Balaban J connectivity index is 2.34. The third-order valence-electron chi connectivity index (χ3n) is 12.4. The molecule has 0 fully saturated rings. The van der Waals surface area contributed by atoms with Crippen molar-refractivity contribution < 1.29 is 110 Å². The highest BCUT2D eigenvalue weighted by Crippen LogP contribution is 2.40. The zero-order valence-electron chi connectivity index (χ0n) is 46.9. The Bertz CT molecular complexity index is 3210. The van der Waals surface area contributed by atoms with Crippen LogP contribution in [-0.2, 0) is 14.4 Å². The van der Waals surface area contributed by atoms with Crippen molar-refractivity contribution in [3.63, 3.8) is 0 Å². The van der Waals surface area contributed by atoms with Crippen molar-refractivity contribution in [1.82, 2.24) is 30.2 Å². The predicted molar refractivity (Wildman–Crippen MR) is 396 cm³/mol. The Morgan fingerprint density at radius 3 is 0.911 bits per heavy atom. The summed E-state index contributed by atoms with van der Waals surface area (Å²) in [5.41, 5.74) is -2.04. The van der Waals surface area contributed by atoms with Gasteiger partial charge in [0.15, 0.2) is 18.3 Å². The molecular weight excluding hydrogens is 2220 g/mol. The average molecular weight is 2280 g/mol. The third-order valence-corrected chi connectivity index (χ3v) is 22.2. The highest BCUT2D eigenvalue weighted by molar-refractivity contribution is 14.1. The molecule has 9 amide bonds. The first kappa shape index (κ1) is 83.2. The van der Waals surface area contributed by atoms with E-state index in [1.54, 1.807) is 203 Å². The molecule has 31 nitrogen and oxygen atoms in total. The molecule has 3 aromatic carbocycles. The number of carbonyl (C=O) groups excluding carboxylic acids is 9. The summed E-state index contributed by atoms with van der Waals surface area (Å²) in [5, 5.41) is 143. The second-order valence-electron chi connectivity index (χ2n) is 19.2. The lowest BCUT2D eigenvalue weighted by Gasteiger charge is -2.29. The lowest BCUT2D eigenvalue weighted by atomic mass is 10.1. The fourth-order valence-corrected chi connectivity index (χ4v) is 20.9. The molecule has 3 aromatic rings. The molecule has 0 aliphatic heterocycles. The molecule has 40 heteroatoms. The molecule has 0 heterocycles. The highest BCUT2D eigenvalue weighted by Gasteiger charge is 2.37. The maximum atomic E-state index is 15.5. The van der Waals surface area contributed by atoms with E-state index in [1.807, 2.05) is 0 Å². The number of nitrogens with zero attached hydrogens (tertiary/aromatic N) is 4. The Kier molecular flexibility index (Phi) is 35.8. The van der Waals surface area contributed by atoms with Crippen molar-refractivity contribution in [3.8, 4) is 0 Å². The summed E-state index contributed by atoms with van der Waals surface area (Å²) < 4.78 is -0.100. The Hall–Kier alpha value is -1.06. The number of aliphatic hydroxyl groups excluding tert-OH is 13. The van der Waals surface area contributed by atoms with Crippen molar-refractivity contribution in [1.29, 1.82) is 0 Å². The van der Waals surface area contributed by atoms with Gasteiger partial charge in [-0.15, -0.1) is 0 Å². The molecule has 7 atom stereocenters. The number of likely N-dealkylation sites (N-methyl/N-ethyl adjacent to an activating group) is 3. The predicted octanol–water partition coefficient (Wildman–Crippen LogP) is -2.06. The molecular formula is C50H60I9N9O22. The van der Waals surface area contributed by atoms with Crippen LogP contribution in [0.4, 0.5) is 17.1 Å². The number of nitrogens with one attached hydrogen (secondary N) is 5. The first-order chi connectivity index (χ1) is 42.0. The molecule has 0 aromatic heterocycles. The SMILES string of the molecule is CN(CC(O)CO)C(=O)c1c(I)c(NC(=O)C(O)CO)c(I)c(C(=O)NCCN(CC(O)CNC(=O)c2c(I)c(NC(=O)C(O)CO)c(I)c(C(=O)N(C)CC(O)CO)c2I)C(=O)c2c(I)c(NC(=O)C(O)CO)c(I)c(C(=O)N(C)CC(O)CO)c2I)c1I. The van der Waals surface area contributed by atoms with Crippen molar-refractivity contribution in [3.05, 3.63) is 65.5 Å². The second-order valence-corrected chi connectivity index (χ2v) is 28.9. The van der Waals surface area contributed by atoms with Crippen molar-refractivity contribution in [2.45, 2.75) is 42.7 Å². The lowest BCUT2D eigenvalue weighted by molar-refractivity contribution is -0.126. The molecule has 0 spiro atoms. The summed E-state index contributed by atoms with van der Waals surface area (Å²) in [6, 6.07) is 0. The molecule has 0 radical (unpaired) electrons. The molecule has 0 bridgehead atoms. The Morgan fingerprint density at radius 1 is 0.356 bits per heavy atom. The summed E-state index contributed by atoms with van der Waals surface area (Å²) in [7, 11) is 3.84. The summed E-state index contributed by atoms with van der Waals surface area (Å²) in [6.45, 7) is -9.06. The minimum atomic E-state index is -2.01. The van der Waals surface area contributed by atoms with Crippen LogP contribution in [0.1, 0.15) is 62.1 Å². The largest absolute Gasteiger partial charge is 0.394 e. The fraction of sp³-hybridized carbons (Fsp3) is 0.460. The quantitative estimate of drug-likeness (QED) is 0.0308. The normalized spacial score (nSPS) is 13.6. The summed E-state index contributed by atoms with van der Waals surface area (Å²) in [6.07, 6.45) is -11.9. The molecule has 18 N–H and O–H groups in total. The molecule has 7 unspecified atom stereocenters. The van der Waals surface area contributed by atoms with Gasteiger partial charge in [0.1, 0.15) is 0 Å². The highest BCUT2D eigenvalue weighted by atomic mass is 127. The Labute approximate surface area is 635 Å². The number of rotatable bonds is 31. The van der Waals surface area contributed by atoms with Crippen LogP contribution in [0.5, 0.6) is 0 Å².